The van der Waals surface area contributed by atoms with Gasteiger partial charge in [0, 0.05) is 16.4 Å². The fourth-order valence-corrected chi connectivity index (χ4v) is 4.10. The van der Waals surface area contributed by atoms with E-state index in [9.17, 15) is 14.4 Å². The first kappa shape index (κ1) is 15.7. The summed E-state index contributed by atoms with van der Waals surface area (Å²) in [5.41, 5.74) is 0.378. The number of carbonyl (C=O) groups excluding carboxylic acids is 3. The lowest BCUT2D eigenvalue weighted by atomic mass is 9.51. The van der Waals surface area contributed by atoms with E-state index in [2.05, 4.69) is 0 Å². The molecule has 0 bridgehead atoms. The van der Waals surface area contributed by atoms with Gasteiger partial charge >= 0.3 is 0 Å². The third-order valence-electron chi connectivity index (χ3n) is 5.38. The highest BCUT2D eigenvalue weighted by molar-refractivity contribution is 6.46. The first-order valence-electron chi connectivity index (χ1n) is 7.66. The number of carbonyl (C=O) groups is 3. The highest BCUT2D eigenvalue weighted by Gasteiger charge is 2.58. The van der Waals surface area contributed by atoms with E-state index in [0.717, 1.165) is 11.1 Å². The maximum absolute atomic E-state index is 12.8. The summed E-state index contributed by atoms with van der Waals surface area (Å²) >= 11 is 0. The summed E-state index contributed by atoms with van der Waals surface area (Å²) < 4.78 is 5.38. The van der Waals surface area contributed by atoms with E-state index in [1.807, 2.05) is 19.9 Å². The number of rotatable bonds is 1. The molecule has 0 radical (unpaired) electrons. The minimum atomic E-state index is -0.911. The fraction of sp³-hybridized carbons (Fsp3) is 0.421. The van der Waals surface area contributed by atoms with Crippen LogP contribution in [0.3, 0.4) is 0 Å². The molecule has 120 valence electrons. The predicted octanol–water partition coefficient (Wildman–Crippen LogP) is 2.81. The minimum absolute atomic E-state index is 0.122. The summed E-state index contributed by atoms with van der Waals surface area (Å²) in [6.45, 7) is 7.24. The van der Waals surface area contributed by atoms with Gasteiger partial charge in [0.05, 0.1) is 13.0 Å². The van der Waals surface area contributed by atoms with Crippen LogP contribution in [0.1, 0.15) is 42.3 Å². The van der Waals surface area contributed by atoms with Crippen LogP contribution in [0.5, 0.6) is 5.75 Å². The van der Waals surface area contributed by atoms with E-state index in [1.54, 1.807) is 33.1 Å². The number of hydrogen-bond donors (Lipinski definition) is 0. The second kappa shape index (κ2) is 4.63. The molecule has 2 atom stereocenters. The first-order chi connectivity index (χ1) is 10.6. The second-order valence-corrected chi connectivity index (χ2v) is 7.20. The summed E-state index contributed by atoms with van der Waals surface area (Å²) in [4.78, 5) is 37.7. The summed E-state index contributed by atoms with van der Waals surface area (Å²) in [7, 11) is 1.58. The minimum Gasteiger partial charge on any atom is -0.496 e. The van der Waals surface area contributed by atoms with E-state index in [-0.39, 0.29) is 5.78 Å². The van der Waals surface area contributed by atoms with Gasteiger partial charge in [-0.25, -0.2) is 0 Å². The predicted molar refractivity (Wildman–Crippen MR) is 85.8 cm³/mol. The maximum Gasteiger partial charge on any atom is 0.229 e. The van der Waals surface area contributed by atoms with Gasteiger partial charge in [-0.1, -0.05) is 26.8 Å². The van der Waals surface area contributed by atoms with Crippen molar-refractivity contribution in [2.75, 3.05) is 7.11 Å². The van der Waals surface area contributed by atoms with Crippen LogP contribution < -0.4 is 4.74 Å². The van der Waals surface area contributed by atoms with Crippen molar-refractivity contribution in [3.05, 3.63) is 41.0 Å². The van der Waals surface area contributed by atoms with E-state index in [1.165, 1.54) is 6.08 Å². The molecule has 3 rings (SSSR count). The van der Waals surface area contributed by atoms with Crippen molar-refractivity contribution in [2.24, 2.45) is 11.3 Å². The first-order valence-corrected chi connectivity index (χ1v) is 7.66. The molecule has 2 aliphatic rings. The lowest BCUT2D eigenvalue weighted by Gasteiger charge is -2.48. The summed E-state index contributed by atoms with van der Waals surface area (Å²) in [5, 5.41) is 0. The highest BCUT2D eigenvalue weighted by Crippen LogP contribution is 2.52. The average molecular weight is 312 g/mol. The quantitative estimate of drug-likeness (QED) is 0.748. The molecule has 1 aromatic rings. The van der Waals surface area contributed by atoms with Crippen molar-refractivity contribution in [3.63, 3.8) is 0 Å². The normalized spacial score (nSPS) is 28.4. The Bertz CT molecular complexity index is 785. The third-order valence-corrected chi connectivity index (χ3v) is 5.38. The zero-order valence-electron chi connectivity index (χ0n) is 14.0. The molecule has 0 N–H and O–H groups in total. The number of aryl methyl sites for hydroxylation is 1. The molecule has 1 unspecified atom stereocenters. The maximum atomic E-state index is 12.8. The standard InChI is InChI=1S/C19H20O4/c1-10-8-11-12(9-13(10)23-5)19(4)7-6-14(20)18(2,3)17(19)16(22)15(11)21/h6-9,17H,1-5H3/t17?,19-/m0/s1. The van der Waals surface area contributed by atoms with Crippen molar-refractivity contribution in [1.29, 1.82) is 0 Å². The Kier molecular flexibility index (Phi) is 3.15. The van der Waals surface area contributed by atoms with Gasteiger partial charge in [0.15, 0.2) is 5.78 Å². The smallest absolute Gasteiger partial charge is 0.229 e. The molecule has 4 nitrogen and oxygen atoms in total. The molecule has 0 amide bonds. The zero-order valence-corrected chi connectivity index (χ0v) is 14.0. The average Bonchev–Trinajstić information content (AvgIpc) is 2.49. The number of Topliss-reactive ketones (excluding diaryl/α,β-unsaturated/α-hetero) is 2. The largest absolute Gasteiger partial charge is 0.496 e. The van der Waals surface area contributed by atoms with Crippen LogP contribution in [0.15, 0.2) is 24.3 Å². The molecular formula is C19H20O4. The Hall–Kier alpha value is -2.23. The van der Waals surface area contributed by atoms with Gasteiger partial charge in [0.2, 0.25) is 11.6 Å². The summed E-state index contributed by atoms with van der Waals surface area (Å²) in [6, 6.07) is 3.55. The number of fused-ring (bicyclic) bond motifs is 3. The van der Waals surface area contributed by atoms with E-state index in [4.69, 9.17) is 4.74 Å². The summed E-state index contributed by atoms with van der Waals surface area (Å²) in [5.74, 6) is -1.13. The van der Waals surface area contributed by atoms with E-state index < -0.39 is 28.3 Å². The molecule has 4 heteroatoms. The number of ether oxygens (including phenoxy) is 1. The van der Waals surface area contributed by atoms with Crippen molar-refractivity contribution >= 4 is 17.3 Å². The Morgan fingerprint density at radius 2 is 1.74 bits per heavy atom. The van der Waals surface area contributed by atoms with E-state index in [0.29, 0.717) is 11.3 Å². The SMILES string of the molecule is COc1cc2c(cc1C)C(=O)C(=O)C1C(C)(C)C(=O)C=C[C@@]21C. The van der Waals surface area contributed by atoms with Gasteiger partial charge in [-0.2, -0.15) is 0 Å². The van der Waals surface area contributed by atoms with Crippen LogP contribution in [0.4, 0.5) is 0 Å². The number of allylic oxidation sites excluding steroid dienone is 2. The van der Waals surface area contributed by atoms with Crippen LogP contribution in [0.25, 0.3) is 0 Å². The molecule has 0 spiro atoms. The molecule has 0 saturated heterocycles. The van der Waals surface area contributed by atoms with Crippen LogP contribution in [-0.2, 0) is 15.0 Å². The molecule has 2 aliphatic carbocycles. The van der Waals surface area contributed by atoms with Crippen LogP contribution in [0.2, 0.25) is 0 Å². The van der Waals surface area contributed by atoms with Crippen molar-refractivity contribution in [3.8, 4) is 5.75 Å². The Labute approximate surface area is 135 Å². The Balaban J connectivity index is 2.37. The van der Waals surface area contributed by atoms with E-state index >= 15 is 0 Å². The fourth-order valence-electron chi connectivity index (χ4n) is 4.10. The molecule has 0 fully saturated rings. The van der Waals surface area contributed by atoms with Crippen LogP contribution in [-0.4, -0.2) is 24.5 Å². The second-order valence-electron chi connectivity index (χ2n) is 7.20. The van der Waals surface area contributed by atoms with Crippen LogP contribution >= 0.6 is 0 Å². The molecule has 0 heterocycles. The lowest BCUT2D eigenvalue weighted by molar-refractivity contribution is -0.136. The monoisotopic (exact) mass is 312 g/mol. The number of methoxy groups -OCH3 is 1. The van der Waals surface area contributed by atoms with Crippen LogP contribution in [0, 0.1) is 18.3 Å². The molecule has 23 heavy (non-hydrogen) atoms. The Morgan fingerprint density at radius 1 is 1.09 bits per heavy atom. The molecular weight excluding hydrogens is 292 g/mol. The number of benzene rings is 1. The van der Waals surface area contributed by atoms with Gasteiger partial charge < -0.3 is 4.74 Å². The van der Waals surface area contributed by atoms with Crippen molar-refractivity contribution in [2.45, 2.75) is 33.1 Å². The summed E-state index contributed by atoms with van der Waals surface area (Å²) in [6.07, 6.45) is 3.30. The molecule has 1 aromatic carbocycles. The Morgan fingerprint density at radius 3 is 2.35 bits per heavy atom. The van der Waals surface area contributed by atoms with Crippen molar-refractivity contribution in [1.82, 2.24) is 0 Å². The topological polar surface area (TPSA) is 60.4 Å². The van der Waals surface area contributed by atoms with Gasteiger partial charge in [0.25, 0.3) is 0 Å². The third kappa shape index (κ3) is 1.87. The lowest BCUT2D eigenvalue weighted by Crippen LogP contribution is -2.56. The van der Waals surface area contributed by atoms with Crippen molar-refractivity contribution < 1.29 is 19.1 Å². The van der Waals surface area contributed by atoms with Gasteiger partial charge in [0.1, 0.15) is 5.75 Å². The molecule has 0 aliphatic heterocycles. The van der Waals surface area contributed by atoms with Gasteiger partial charge in [-0.15, -0.1) is 0 Å². The zero-order chi connectivity index (χ0) is 17.2. The number of ketones is 3. The van der Waals surface area contributed by atoms with Gasteiger partial charge in [-0.05, 0) is 36.3 Å². The molecule has 0 saturated carbocycles. The van der Waals surface area contributed by atoms with Gasteiger partial charge in [-0.3, -0.25) is 14.4 Å². The number of hydrogen-bond acceptors (Lipinski definition) is 4. The highest BCUT2D eigenvalue weighted by atomic mass is 16.5. The molecule has 0 aromatic heterocycles.